The van der Waals surface area contributed by atoms with E-state index in [0.717, 1.165) is 30.3 Å². The highest BCUT2D eigenvalue weighted by Crippen LogP contribution is 2.31. The molecule has 0 amide bonds. The van der Waals surface area contributed by atoms with E-state index in [1.165, 1.54) is 29.0 Å². The molecule has 0 saturated carbocycles. The van der Waals surface area contributed by atoms with Crippen molar-refractivity contribution in [2.24, 2.45) is 0 Å². The van der Waals surface area contributed by atoms with Crippen molar-refractivity contribution < 1.29 is 14.6 Å². The van der Waals surface area contributed by atoms with Gasteiger partial charge in [0.25, 0.3) is 0 Å². The van der Waals surface area contributed by atoms with E-state index in [1.807, 2.05) is 18.2 Å². The molecule has 0 aliphatic carbocycles. The van der Waals surface area contributed by atoms with E-state index in [0.29, 0.717) is 6.04 Å². The Labute approximate surface area is 159 Å². The zero-order valence-electron chi connectivity index (χ0n) is 15.4. The average Bonchev–Trinajstić information content (AvgIpc) is 2.73. The first-order chi connectivity index (χ1) is 13.2. The highest BCUT2D eigenvalue weighted by atomic mass is 16.6. The second kappa shape index (κ2) is 8.07. The molecule has 0 bridgehead atoms. The summed E-state index contributed by atoms with van der Waals surface area (Å²) >= 11 is 0. The predicted molar refractivity (Wildman–Crippen MR) is 108 cm³/mol. The van der Waals surface area contributed by atoms with Gasteiger partial charge in [0.05, 0.1) is 0 Å². The van der Waals surface area contributed by atoms with E-state index in [-0.39, 0.29) is 6.10 Å². The Morgan fingerprint density at radius 3 is 2.63 bits per heavy atom. The van der Waals surface area contributed by atoms with Gasteiger partial charge in [-0.25, -0.2) is 4.79 Å². The Morgan fingerprint density at radius 1 is 1.07 bits per heavy atom. The summed E-state index contributed by atoms with van der Waals surface area (Å²) in [5.74, 6) is -0.575. The number of esters is 1. The van der Waals surface area contributed by atoms with Crippen molar-refractivity contribution in [3.8, 4) is 0 Å². The summed E-state index contributed by atoms with van der Waals surface area (Å²) in [5, 5.41) is 17.4. The molecule has 2 atom stereocenters. The van der Waals surface area contributed by atoms with Gasteiger partial charge in [0, 0.05) is 12.5 Å². The molecule has 4 heteroatoms. The third-order valence-corrected chi connectivity index (χ3v) is 5.46. The molecule has 0 aromatic heterocycles. The molecule has 0 spiro atoms. The summed E-state index contributed by atoms with van der Waals surface area (Å²) in [5.41, 5.74) is 0.980. The van der Waals surface area contributed by atoms with Crippen molar-refractivity contribution in [3.63, 3.8) is 0 Å². The van der Waals surface area contributed by atoms with E-state index in [4.69, 9.17) is 9.84 Å². The van der Waals surface area contributed by atoms with Gasteiger partial charge >= 0.3 is 5.97 Å². The number of aliphatic hydroxyl groups is 1. The summed E-state index contributed by atoms with van der Waals surface area (Å²) in [4.78, 5) is 11.8. The fraction of sp³-hybridized carbons (Fsp3) is 0.348. The van der Waals surface area contributed by atoms with Gasteiger partial charge < -0.3 is 15.2 Å². The SMILES string of the molecule is O=C(CO)OC(CC1CCCCN1)c1ccc2ccc3ccccc3c2c1. The molecule has 3 aromatic carbocycles. The van der Waals surface area contributed by atoms with Crippen LogP contribution in [0, 0.1) is 0 Å². The van der Waals surface area contributed by atoms with Crippen LogP contribution in [0.3, 0.4) is 0 Å². The van der Waals surface area contributed by atoms with Crippen molar-refractivity contribution in [2.75, 3.05) is 13.2 Å². The molecule has 1 fully saturated rings. The minimum Gasteiger partial charge on any atom is -0.456 e. The Balaban J connectivity index is 1.72. The van der Waals surface area contributed by atoms with Crippen LogP contribution < -0.4 is 5.32 Å². The highest BCUT2D eigenvalue weighted by molar-refractivity contribution is 6.07. The van der Waals surface area contributed by atoms with Gasteiger partial charge in [-0.1, -0.05) is 55.0 Å². The van der Waals surface area contributed by atoms with Crippen molar-refractivity contribution in [1.82, 2.24) is 5.32 Å². The first-order valence-electron chi connectivity index (χ1n) is 9.70. The number of ether oxygens (including phenoxy) is 1. The molecule has 1 aliphatic rings. The fourth-order valence-corrected chi connectivity index (χ4v) is 4.05. The Morgan fingerprint density at radius 2 is 1.85 bits per heavy atom. The molecule has 4 rings (SSSR count). The summed E-state index contributed by atoms with van der Waals surface area (Å²) in [7, 11) is 0. The van der Waals surface area contributed by atoms with Gasteiger partial charge in [0.1, 0.15) is 12.7 Å². The van der Waals surface area contributed by atoms with Crippen molar-refractivity contribution in [3.05, 3.63) is 60.2 Å². The number of aliphatic hydroxyl groups excluding tert-OH is 1. The third kappa shape index (κ3) is 3.97. The van der Waals surface area contributed by atoms with Crippen molar-refractivity contribution >= 4 is 27.5 Å². The molecule has 1 heterocycles. The molecule has 3 aromatic rings. The fourth-order valence-electron chi connectivity index (χ4n) is 4.05. The zero-order chi connectivity index (χ0) is 18.6. The standard InChI is InChI=1S/C23H25NO3/c25-15-23(26)27-22(14-19-6-3-4-12-24-19)18-11-10-17-9-8-16-5-1-2-7-20(16)21(17)13-18/h1-2,5,7-11,13,19,22,24-25H,3-4,6,12,14-15H2. The molecule has 4 nitrogen and oxygen atoms in total. The van der Waals surface area contributed by atoms with Gasteiger partial charge in [0.15, 0.2) is 0 Å². The second-order valence-corrected chi connectivity index (χ2v) is 7.29. The van der Waals surface area contributed by atoms with Crippen LogP contribution >= 0.6 is 0 Å². The average molecular weight is 363 g/mol. The molecule has 0 radical (unpaired) electrons. The number of carbonyl (C=O) groups excluding carboxylic acids is 1. The number of hydrogen-bond acceptors (Lipinski definition) is 4. The normalized spacial score (nSPS) is 18.5. The number of piperidine rings is 1. The number of nitrogens with one attached hydrogen (secondary N) is 1. The lowest BCUT2D eigenvalue weighted by molar-refractivity contribution is -0.153. The maximum atomic E-state index is 11.8. The highest BCUT2D eigenvalue weighted by Gasteiger charge is 2.23. The Bertz CT molecular complexity index is 947. The van der Waals surface area contributed by atoms with Crippen LogP contribution in [-0.2, 0) is 9.53 Å². The van der Waals surface area contributed by atoms with Crippen LogP contribution in [0.5, 0.6) is 0 Å². The topological polar surface area (TPSA) is 58.6 Å². The molecule has 2 N–H and O–H groups in total. The maximum Gasteiger partial charge on any atom is 0.332 e. The van der Waals surface area contributed by atoms with Crippen LogP contribution in [0.25, 0.3) is 21.5 Å². The molecule has 27 heavy (non-hydrogen) atoms. The summed E-state index contributed by atoms with van der Waals surface area (Å²) in [6, 6.07) is 19.2. The number of fused-ring (bicyclic) bond motifs is 3. The molecule has 2 unspecified atom stereocenters. The van der Waals surface area contributed by atoms with Crippen LogP contribution in [0.1, 0.15) is 37.4 Å². The first kappa shape index (κ1) is 18.0. The number of carbonyl (C=O) groups is 1. The van der Waals surface area contributed by atoms with Gasteiger partial charge in [-0.15, -0.1) is 0 Å². The number of benzene rings is 3. The lowest BCUT2D eigenvalue weighted by atomic mass is 9.93. The molecular formula is C23H25NO3. The van der Waals surface area contributed by atoms with Gasteiger partial charge in [-0.3, -0.25) is 0 Å². The van der Waals surface area contributed by atoms with Crippen molar-refractivity contribution in [1.29, 1.82) is 0 Å². The molecule has 140 valence electrons. The smallest absolute Gasteiger partial charge is 0.332 e. The lowest BCUT2D eigenvalue weighted by Crippen LogP contribution is -2.36. The van der Waals surface area contributed by atoms with E-state index >= 15 is 0 Å². The maximum absolute atomic E-state index is 11.8. The van der Waals surface area contributed by atoms with Crippen LogP contribution in [0.4, 0.5) is 0 Å². The monoisotopic (exact) mass is 363 g/mol. The van der Waals surface area contributed by atoms with Crippen LogP contribution in [-0.4, -0.2) is 30.3 Å². The Hall–Kier alpha value is -2.43. The van der Waals surface area contributed by atoms with Crippen molar-refractivity contribution in [2.45, 2.75) is 37.8 Å². The van der Waals surface area contributed by atoms with E-state index < -0.39 is 12.6 Å². The second-order valence-electron chi connectivity index (χ2n) is 7.29. The lowest BCUT2D eigenvalue weighted by Gasteiger charge is -2.28. The number of hydrogen-bond donors (Lipinski definition) is 2. The minimum atomic E-state index is -0.592. The first-order valence-corrected chi connectivity index (χ1v) is 9.70. The van der Waals surface area contributed by atoms with Crippen LogP contribution in [0.15, 0.2) is 54.6 Å². The third-order valence-electron chi connectivity index (χ3n) is 5.46. The zero-order valence-corrected chi connectivity index (χ0v) is 15.4. The van der Waals surface area contributed by atoms with Crippen LogP contribution in [0.2, 0.25) is 0 Å². The van der Waals surface area contributed by atoms with E-state index in [2.05, 4.69) is 41.7 Å². The number of rotatable bonds is 5. The largest absolute Gasteiger partial charge is 0.456 e. The van der Waals surface area contributed by atoms with Gasteiger partial charge in [-0.2, -0.15) is 0 Å². The molecule has 1 aliphatic heterocycles. The minimum absolute atomic E-state index is 0.332. The molecule has 1 saturated heterocycles. The van der Waals surface area contributed by atoms with Gasteiger partial charge in [0.2, 0.25) is 0 Å². The molecular weight excluding hydrogens is 338 g/mol. The predicted octanol–water partition coefficient (Wildman–Crippen LogP) is 4.10. The van der Waals surface area contributed by atoms with Gasteiger partial charge in [-0.05, 0) is 52.6 Å². The quantitative estimate of drug-likeness (QED) is 0.529. The summed E-state index contributed by atoms with van der Waals surface area (Å²) < 4.78 is 5.62. The summed E-state index contributed by atoms with van der Waals surface area (Å²) in [6.45, 7) is 0.415. The van der Waals surface area contributed by atoms with E-state index in [9.17, 15) is 4.79 Å². The summed E-state index contributed by atoms with van der Waals surface area (Å²) in [6.07, 6.45) is 3.84. The van der Waals surface area contributed by atoms with E-state index in [1.54, 1.807) is 0 Å². The Kier molecular flexibility index (Phi) is 5.37.